The van der Waals surface area contributed by atoms with E-state index in [-0.39, 0.29) is 47.9 Å². The normalized spacial score (nSPS) is 21.0. The van der Waals surface area contributed by atoms with Gasteiger partial charge in [0, 0.05) is 31.4 Å². The molecule has 2 saturated heterocycles. The van der Waals surface area contributed by atoms with Gasteiger partial charge < -0.3 is 9.80 Å². The lowest BCUT2D eigenvalue weighted by Crippen LogP contribution is -2.43. The molecule has 0 radical (unpaired) electrons. The van der Waals surface area contributed by atoms with Crippen molar-refractivity contribution in [1.29, 1.82) is 0 Å². The Hall–Kier alpha value is -2.89. The Bertz CT molecular complexity index is 1230. The number of nitrogens with zero attached hydrogens (tertiary/aromatic N) is 4. The largest absolute Gasteiger partial charge is 0.391 e. The van der Waals surface area contributed by atoms with Gasteiger partial charge in [0.25, 0.3) is 15.9 Å². The van der Waals surface area contributed by atoms with Crippen molar-refractivity contribution in [3.8, 4) is 0 Å². The van der Waals surface area contributed by atoms with Crippen LogP contribution in [0.25, 0.3) is 0 Å². The van der Waals surface area contributed by atoms with Crippen LogP contribution in [-0.2, 0) is 10.0 Å². The van der Waals surface area contributed by atoms with Gasteiger partial charge in [0.1, 0.15) is 11.6 Å². The third-order valence-electron chi connectivity index (χ3n) is 7.47. The molecule has 36 heavy (non-hydrogen) atoms. The third-order valence-corrected chi connectivity index (χ3v) is 8.70. The highest BCUT2D eigenvalue weighted by Gasteiger charge is 2.42. The molecule has 0 bridgehead atoms. The summed E-state index contributed by atoms with van der Waals surface area (Å²) in [5.41, 5.74) is -0.133. The maximum Gasteiger partial charge on any atom is 0.391 e. The molecule has 0 saturated carbocycles. The predicted octanol–water partition coefficient (Wildman–Crippen LogP) is 4.00. The van der Waals surface area contributed by atoms with Crippen LogP contribution in [0.2, 0.25) is 0 Å². The maximum absolute atomic E-state index is 13.1. The monoisotopic (exact) mass is 525 g/mol. The minimum Gasteiger partial charge on any atom is -0.357 e. The van der Waals surface area contributed by atoms with Gasteiger partial charge in [-0.3, -0.25) is 4.79 Å². The molecule has 2 aromatic heterocycles. The fraction of sp³-hybridized carbons (Fsp3) is 0.542. The van der Waals surface area contributed by atoms with Crippen molar-refractivity contribution in [1.82, 2.24) is 14.7 Å². The van der Waals surface area contributed by atoms with Crippen molar-refractivity contribution in [2.24, 2.45) is 11.8 Å². The molecular weight excluding hydrogens is 495 g/mol. The summed E-state index contributed by atoms with van der Waals surface area (Å²) in [5.74, 6) is -1.19. The van der Waals surface area contributed by atoms with Crippen LogP contribution in [0, 0.1) is 11.8 Å². The highest BCUT2D eigenvalue weighted by Crippen LogP contribution is 2.38. The number of carbonyl (C=O) groups is 1. The van der Waals surface area contributed by atoms with Crippen LogP contribution in [0.5, 0.6) is 0 Å². The number of sulfonamides is 1. The first-order valence-electron chi connectivity index (χ1n) is 11.9. The molecule has 1 atom stereocenters. The fourth-order valence-electron chi connectivity index (χ4n) is 4.79. The molecule has 0 aromatic carbocycles. The average Bonchev–Trinajstić information content (AvgIpc) is 3.10. The van der Waals surface area contributed by atoms with E-state index >= 15 is 0 Å². The lowest BCUT2D eigenvalue weighted by Gasteiger charge is -2.36. The SMILES string of the molecule is CC1CCN(c2ncccc2C(=O)NS(=O)(=O)c2cccc(N3CCC(C(F)(F)F)CC3)n2)C1(C)C. The Morgan fingerprint density at radius 3 is 2.39 bits per heavy atom. The molecule has 2 aromatic rings. The van der Waals surface area contributed by atoms with Crippen molar-refractivity contribution < 1.29 is 26.4 Å². The van der Waals surface area contributed by atoms with Gasteiger partial charge in [-0.2, -0.15) is 21.6 Å². The fourth-order valence-corrected chi connectivity index (χ4v) is 5.72. The van der Waals surface area contributed by atoms with Crippen molar-refractivity contribution in [3.05, 3.63) is 42.1 Å². The second kappa shape index (κ2) is 9.53. The smallest absolute Gasteiger partial charge is 0.357 e. The number of rotatable bonds is 5. The van der Waals surface area contributed by atoms with Crippen molar-refractivity contribution >= 4 is 27.6 Å². The molecule has 4 heterocycles. The summed E-state index contributed by atoms with van der Waals surface area (Å²) in [6.45, 7) is 7.14. The summed E-state index contributed by atoms with van der Waals surface area (Å²) in [6.07, 6.45) is -1.95. The van der Waals surface area contributed by atoms with Gasteiger partial charge in [-0.1, -0.05) is 13.0 Å². The van der Waals surface area contributed by atoms with Crippen LogP contribution in [0.3, 0.4) is 0 Å². The molecule has 2 aliphatic rings. The number of aromatic nitrogens is 2. The van der Waals surface area contributed by atoms with E-state index in [4.69, 9.17) is 0 Å². The van der Waals surface area contributed by atoms with Gasteiger partial charge in [0.05, 0.1) is 11.5 Å². The van der Waals surface area contributed by atoms with E-state index in [1.54, 1.807) is 23.2 Å². The van der Waals surface area contributed by atoms with Crippen LogP contribution in [0.4, 0.5) is 24.8 Å². The van der Waals surface area contributed by atoms with Gasteiger partial charge in [-0.05, 0) is 63.3 Å². The van der Waals surface area contributed by atoms with E-state index in [0.717, 1.165) is 6.42 Å². The summed E-state index contributed by atoms with van der Waals surface area (Å²) in [6, 6.07) is 7.35. The van der Waals surface area contributed by atoms with Gasteiger partial charge in [0.15, 0.2) is 5.03 Å². The van der Waals surface area contributed by atoms with Gasteiger partial charge in [-0.15, -0.1) is 0 Å². The summed E-state index contributed by atoms with van der Waals surface area (Å²) >= 11 is 0. The van der Waals surface area contributed by atoms with Crippen molar-refractivity contribution in [3.63, 3.8) is 0 Å². The predicted molar refractivity (Wildman–Crippen MR) is 129 cm³/mol. The molecule has 12 heteroatoms. The van der Waals surface area contributed by atoms with E-state index in [0.29, 0.717) is 18.3 Å². The number of nitrogens with one attached hydrogen (secondary N) is 1. The van der Waals surface area contributed by atoms with Crippen LogP contribution in [0.15, 0.2) is 41.6 Å². The zero-order chi connectivity index (χ0) is 26.3. The Kier molecular flexibility index (Phi) is 6.93. The summed E-state index contributed by atoms with van der Waals surface area (Å²) in [7, 11) is -4.35. The summed E-state index contributed by atoms with van der Waals surface area (Å²) < 4.78 is 67.1. The molecule has 0 aliphatic carbocycles. The molecule has 2 fully saturated rings. The van der Waals surface area contributed by atoms with E-state index in [1.807, 2.05) is 4.90 Å². The number of hydrogen-bond donors (Lipinski definition) is 1. The minimum atomic E-state index is -4.35. The van der Waals surface area contributed by atoms with E-state index in [1.165, 1.54) is 18.2 Å². The number of piperidine rings is 1. The lowest BCUT2D eigenvalue weighted by atomic mass is 9.90. The summed E-state index contributed by atoms with van der Waals surface area (Å²) in [5, 5.41) is -0.383. The molecule has 1 unspecified atom stereocenters. The van der Waals surface area contributed by atoms with Gasteiger partial charge in [-0.25, -0.2) is 14.7 Å². The number of anilines is 2. The standard InChI is InChI=1S/C24H30F3N5O3S/c1-16-9-15-32(23(16,2)3)21-18(6-5-12-28-21)22(33)30-36(34,35)20-8-4-7-19(29-20)31-13-10-17(11-14-31)24(25,26)27/h4-8,12,16-17H,9-11,13-15H2,1-3H3,(H,30,33). The van der Waals surface area contributed by atoms with E-state index in [9.17, 15) is 26.4 Å². The first kappa shape index (κ1) is 26.2. The van der Waals surface area contributed by atoms with Gasteiger partial charge >= 0.3 is 6.18 Å². The highest BCUT2D eigenvalue weighted by atomic mass is 32.2. The molecule has 1 amide bonds. The summed E-state index contributed by atoms with van der Waals surface area (Å²) in [4.78, 5) is 25.3. The molecular formula is C24H30F3N5O3S. The highest BCUT2D eigenvalue weighted by molar-refractivity contribution is 7.90. The van der Waals surface area contributed by atoms with Crippen LogP contribution in [-0.4, -0.2) is 55.6 Å². The maximum atomic E-state index is 13.1. The third kappa shape index (κ3) is 5.14. The molecule has 196 valence electrons. The number of hydrogen-bond acceptors (Lipinski definition) is 7. The van der Waals surface area contributed by atoms with Crippen molar-refractivity contribution in [2.45, 2.75) is 56.8 Å². The Morgan fingerprint density at radius 1 is 1.08 bits per heavy atom. The molecule has 4 rings (SSSR count). The molecule has 2 aliphatic heterocycles. The first-order valence-corrected chi connectivity index (χ1v) is 13.4. The molecule has 0 spiro atoms. The second-order valence-corrected chi connectivity index (χ2v) is 11.6. The topological polar surface area (TPSA) is 95.5 Å². The first-order chi connectivity index (χ1) is 16.8. The van der Waals surface area contributed by atoms with Crippen LogP contribution >= 0.6 is 0 Å². The van der Waals surface area contributed by atoms with Crippen molar-refractivity contribution in [2.75, 3.05) is 29.4 Å². The Labute approximate surface area is 209 Å². The van der Waals surface area contributed by atoms with E-state index in [2.05, 4.69) is 35.5 Å². The number of pyridine rings is 2. The molecule has 1 N–H and O–H groups in total. The number of halogens is 3. The molecule has 8 nitrogen and oxygen atoms in total. The lowest BCUT2D eigenvalue weighted by molar-refractivity contribution is -0.179. The van der Waals surface area contributed by atoms with Gasteiger partial charge in [0.2, 0.25) is 0 Å². The van der Waals surface area contributed by atoms with Crippen LogP contribution < -0.4 is 14.5 Å². The van der Waals surface area contributed by atoms with E-state index < -0.39 is 28.0 Å². The minimum absolute atomic E-state index is 0.0891. The number of carbonyl (C=O) groups excluding carboxylic acids is 1. The number of amides is 1. The average molecular weight is 526 g/mol. The van der Waals surface area contributed by atoms with Crippen LogP contribution in [0.1, 0.15) is 50.4 Å². The quantitative estimate of drug-likeness (QED) is 0.631. The number of alkyl halides is 3. The zero-order valence-electron chi connectivity index (χ0n) is 20.4. The Morgan fingerprint density at radius 2 is 1.78 bits per heavy atom. The Balaban J connectivity index is 1.52. The zero-order valence-corrected chi connectivity index (χ0v) is 21.2. The second-order valence-electron chi connectivity index (χ2n) is 9.94.